The van der Waals surface area contributed by atoms with E-state index in [1.54, 1.807) is 12.1 Å². The molecule has 11 rings (SSSR count). The Morgan fingerprint density at radius 2 is 0.857 bits per heavy atom. The van der Waals surface area contributed by atoms with Crippen LogP contribution in [0.15, 0.2) is 218 Å². The Morgan fingerprint density at radius 1 is 0.321 bits per heavy atom. The molecule has 0 amide bonds. The zero-order chi connectivity index (χ0) is 47.4. The van der Waals surface area contributed by atoms with Gasteiger partial charge in [0, 0.05) is 32.8 Å². The molecule has 0 saturated carbocycles. The highest BCUT2D eigenvalue weighted by atomic mass is 15.0. The molecule has 2 nitrogen and oxygen atoms in total. The molecule has 0 saturated heterocycles. The average molecular weight is 725 g/mol. The first-order valence-corrected chi connectivity index (χ1v) is 18.3. The van der Waals surface area contributed by atoms with Gasteiger partial charge in [0.15, 0.2) is 0 Å². The highest BCUT2D eigenvalue weighted by Gasteiger charge is 2.19. The molecule has 262 valence electrons. The molecule has 2 heteroatoms. The lowest BCUT2D eigenvalue weighted by atomic mass is 9.96. The van der Waals surface area contributed by atoms with E-state index in [1.807, 2.05) is 66.7 Å². The van der Waals surface area contributed by atoms with Gasteiger partial charge in [-0.2, -0.15) is 0 Å². The van der Waals surface area contributed by atoms with Gasteiger partial charge in [0.25, 0.3) is 0 Å². The summed E-state index contributed by atoms with van der Waals surface area (Å²) in [6.07, 6.45) is 0. The van der Waals surface area contributed by atoms with Crippen LogP contribution < -0.4 is 0 Å². The van der Waals surface area contributed by atoms with E-state index in [0.717, 1.165) is 65.4 Å². The fourth-order valence-corrected chi connectivity index (χ4v) is 8.00. The third kappa shape index (κ3) is 5.19. The number of nitrogens with zero attached hydrogens (tertiary/aromatic N) is 2. The second kappa shape index (κ2) is 13.2. The van der Waals surface area contributed by atoms with E-state index in [4.69, 9.17) is 13.7 Å². The Bertz CT molecular complexity index is 3790. The molecule has 0 aliphatic carbocycles. The van der Waals surface area contributed by atoms with Gasteiger partial charge in [0.05, 0.1) is 44.2 Å². The van der Waals surface area contributed by atoms with Gasteiger partial charge in [0.1, 0.15) is 0 Å². The number of hydrogen-bond donors (Lipinski definition) is 0. The minimum absolute atomic E-state index is 0.0213. The van der Waals surface area contributed by atoms with Crippen molar-refractivity contribution in [3.8, 4) is 55.9 Å². The van der Waals surface area contributed by atoms with Crippen LogP contribution in [0.4, 0.5) is 0 Å². The summed E-state index contributed by atoms with van der Waals surface area (Å²) in [5, 5.41) is 2.08. The molecular weight excluding hydrogens is 677 g/mol. The largest absolute Gasteiger partial charge is 0.309 e. The number of rotatable bonds is 6. The van der Waals surface area contributed by atoms with E-state index in [1.165, 1.54) is 0 Å². The van der Waals surface area contributed by atoms with Crippen LogP contribution in [0.5, 0.6) is 0 Å². The summed E-state index contributed by atoms with van der Waals surface area (Å²) in [5.74, 6) is 0. The van der Waals surface area contributed by atoms with E-state index in [9.17, 15) is 2.74 Å². The lowest BCUT2D eigenvalue weighted by molar-refractivity contribution is 1.18. The first-order valence-electron chi connectivity index (χ1n) is 24.3. The second-order valence-electron chi connectivity index (χ2n) is 13.6. The SMILES string of the molecule is [2H]c1c([2H])c([2H])c(-n2c3c([2H])c([2H])c([2H])c([2H])c3c3c(-c4ccc(-c5ccccc5-n5c6ccc(-c7ccccc7)cc6c6cc(-c7ccccc7)ccc65)cc4)c([2H])c([2H])c([2H])c32)c([2H])c1[2H]. The summed E-state index contributed by atoms with van der Waals surface area (Å²) < 4.78 is 109. The molecule has 2 heterocycles. The quantitative estimate of drug-likeness (QED) is 0.162. The van der Waals surface area contributed by atoms with E-state index in [-0.39, 0.29) is 33.4 Å². The van der Waals surface area contributed by atoms with Crippen molar-refractivity contribution in [3.63, 3.8) is 0 Å². The minimum atomic E-state index is -0.683. The molecule has 56 heavy (non-hydrogen) atoms. The molecule has 0 atom stereocenters. The van der Waals surface area contributed by atoms with Crippen molar-refractivity contribution in [2.75, 3.05) is 0 Å². The van der Waals surface area contributed by atoms with Crippen molar-refractivity contribution in [1.29, 1.82) is 0 Å². The molecule has 0 N–H and O–H groups in total. The summed E-state index contributed by atoms with van der Waals surface area (Å²) in [6.45, 7) is 0. The third-order valence-corrected chi connectivity index (χ3v) is 10.5. The van der Waals surface area contributed by atoms with Crippen molar-refractivity contribution in [1.82, 2.24) is 9.13 Å². The number of aromatic nitrogens is 2. The van der Waals surface area contributed by atoms with Gasteiger partial charge in [-0.05, 0) is 93.4 Å². The van der Waals surface area contributed by atoms with E-state index in [0.29, 0.717) is 5.56 Å². The Kier molecular flexibility index (Phi) is 5.19. The molecule has 2 aromatic heterocycles. The molecule has 9 aromatic carbocycles. The number of para-hydroxylation sites is 3. The standard InChI is InChI=1S/C54H36N2/c1-4-15-37(16-5-1)41-31-33-51-47(35-41)48-36-42(38-17-6-2-7-18-38)32-34-52(48)56(51)49-24-12-10-21-44(49)39-27-29-40(30-28-39)45-23-14-26-53-54(45)46-22-11-13-25-50(46)55(53)43-19-8-3-9-20-43/h1-36H/i3D,8D,9D,11D,13D,14D,19D,20D,22D,23D,25D,26D. The Hall–Kier alpha value is -7.42. The zero-order valence-electron chi connectivity index (χ0n) is 41.8. The van der Waals surface area contributed by atoms with Gasteiger partial charge in [-0.3, -0.25) is 0 Å². The van der Waals surface area contributed by atoms with E-state index in [2.05, 4.69) is 71.3 Å². The van der Waals surface area contributed by atoms with Gasteiger partial charge < -0.3 is 9.13 Å². The lowest BCUT2D eigenvalue weighted by Gasteiger charge is -2.15. The van der Waals surface area contributed by atoms with E-state index < -0.39 is 72.2 Å². The normalized spacial score (nSPS) is 14.6. The van der Waals surface area contributed by atoms with Crippen LogP contribution >= 0.6 is 0 Å². The maximum absolute atomic E-state index is 9.31. The molecule has 11 aromatic rings. The third-order valence-electron chi connectivity index (χ3n) is 10.5. The summed E-state index contributed by atoms with van der Waals surface area (Å²) in [5.41, 5.74) is 8.66. The fraction of sp³-hybridized carbons (Fsp3) is 0. The monoisotopic (exact) mass is 724 g/mol. The van der Waals surface area contributed by atoms with Crippen LogP contribution in [0.3, 0.4) is 0 Å². The highest BCUT2D eigenvalue weighted by molar-refractivity contribution is 6.16. The maximum Gasteiger partial charge on any atom is 0.0645 e. The van der Waals surface area contributed by atoms with Gasteiger partial charge in [-0.15, -0.1) is 0 Å². The molecule has 0 aliphatic rings. The Morgan fingerprint density at radius 3 is 1.52 bits per heavy atom. The van der Waals surface area contributed by atoms with Crippen molar-refractivity contribution < 1.29 is 16.4 Å². The van der Waals surface area contributed by atoms with Gasteiger partial charge >= 0.3 is 0 Å². The number of benzene rings is 9. The Labute approximate surface area is 342 Å². The minimum Gasteiger partial charge on any atom is -0.309 e. The molecular formula is C54H36N2. The van der Waals surface area contributed by atoms with Crippen molar-refractivity contribution in [3.05, 3.63) is 218 Å². The zero-order valence-corrected chi connectivity index (χ0v) is 29.8. The van der Waals surface area contributed by atoms with Crippen LogP contribution in [0.2, 0.25) is 0 Å². The second-order valence-corrected chi connectivity index (χ2v) is 13.6. The smallest absolute Gasteiger partial charge is 0.0645 e. The van der Waals surface area contributed by atoms with Crippen LogP contribution in [0, 0.1) is 0 Å². The summed E-state index contributed by atoms with van der Waals surface area (Å²) in [4.78, 5) is 0. The topological polar surface area (TPSA) is 9.86 Å². The van der Waals surface area contributed by atoms with Gasteiger partial charge in [0.2, 0.25) is 0 Å². The van der Waals surface area contributed by atoms with Crippen LogP contribution in [0.1, 0.15) is 16.4 Å². The molecule has 0 unspecified atom stereocenters. The van der Waals surface area contributed by atoms with Gasteiger partial charge in [-0.25, -0.2) is 0 Å². The molecule has 0 bridgehead atoms. The average Bonchev–Trinajstić information content (AvgIpc) is 3.89. The summed E-state index contributed by atoms with van der Waals surface area (Å²) in [6, 6.07) is 41.9. The first-order chi connectivity index (χ1) is 32.8. The lowest BCUT2D eigenvalue weighted by Crippen LogP contribution is -1.97. The number of hydrogen-bond acceptors (Lipinski definition) is 0. The molecule has 0 aliphatic heterocycles. The predicted molar refractivity (Wildman–Crippen MR) is 237 cm³/mol. The molecule has 0 spiro atoms. The predicted octanol–water partition coefficient (Wildman–Crippen LogP) is 14.5. The maximum atomic E-state index is 9.31. The van der Waals surface area contributed by atoms with Crippen LogP contribution in [-0.4, -0.2) is 9.13 Å². The van der Waals surface area contributed by atoms with E-state index >= 15 is 0 Å². The molecule has 0 fully saturated rings. The van der Waals surface area contributed by atoms with Crippen LogP contribution in [0.25, 0.3) is 99.5 Å². The van der Waals surface area contributed by atoms with Gasteiger partial charge in [-0.1, -0.05) is 164 Å². The fourth-order valence-electron chi connectivity index (χ4n) is 8.00. The Balaban J connectivity index is 1.14. The van der Waals surface area contributed by atoms with Crippen molar-refractivity contribution in [2.45, 2.75) is 0 Å². The number of fused-ring (bicyclic) bond motifs is 6. The summed E-state index contributed by atoms with van der Waals surface area (Å²) >= 11 is 0. The van der Waals surface area contributed by atoms with Crippen LogP contribution in [-0.2, 0) is 0 Å². The summed E-state index contributed by atoms with van der Waals surface area (Å²) in [7, 11) is 0. The van der Waals surface area contributed by atoms with Crippen molar-refractivity contribution >= 4 is 43.6 Å². The van der Waals surface area contributed by atoms with Crippen molar-refractivity contribution in [2.24, 2.45) is 0 Å². The highest BCUT2D eigenvalue weighted by Crippen LogP contribution is 2.42. The molecule has 0 radical (unpaired) electrons. The first kappa shape index (κ1) is 22.1.